The first-order valence-electron chi connectivity index (χ1n) is 9.97. The number of amides is 2. The quantitative estimate of drug-likeness (QED) is 0.540. The topological polar surface area (TPSA) is 70.2 Å². The van der Waals surface area contributed by atoms with Gasteiger partial charge in [0.25, 0.3) is 0 Å². The molecule has 0 aliphatic carbocycles. The number of aromatic nitrogens is 2. The number of anilines is 2. The smallest absolute Gasteiger partial charge is 0.324 e. The molecule has 0 saturated carbocycles. The third kappa shape index (κ3) is 3.32. The summed E-state index contributed by atoms with van der Waals surface area (Å²) in [4.78, 5) is 24.3. The monoisotopic (exact) mass is 397 g/mol. The van der Waals surface area contributed by atoms with Crippen LogP contribution in [0.1, 0.15) is 61.4 Å². The minimum atomic E-state index is -0.0567. The third-order valence-electron chi connectivity index (χ3n) is 5.68. The van der Waals surface area contributed by atoms with Crippen LogP contribution in [0.5, 0.6) is 0 Å². The average molecular weight is 398 g/mol. The van der Waals surface area contributed by atoms with Gasteiger partial charge in [0.2, 0.25) is 0 Å². The molecular weight excluding hydrogens is 370 g/mol. The van der Waals surface area contributed by atoms with Crippen molar-refractivity contribution in [2.45, 2.75) is 56.8 Å². The maximum Gasteiger partial charge on any atom is 0.324 e. The number of para-hydroxylation sites is 1. The minimum Gasteiger partial charge on any atom is -0.384 e. The molecule has 2 aliphatic rings. The van der Waals surface area contributed by atoms with Crippen molar-refractivity contribution in [1.82, 2.24) is 14.9 Å². The second-order valence-electron chi connectivity index (χ2n) is 7.43. The lowest BCUT2D eigenvalue weighted by atomic mass is 9.90. The normalized spacial score (nSPS) is 20.8. The fourth-order valence-corrected chi connectivity index (χ4v) is 4.65. The molecule has 2 aromatic rings. The van der Waals surface area contributed by atoms with Crippen LogP contribution in [0, 0.1) is 6.92 Å². The summed E-state index contributed by atoms with van der Waals surface area (Å²) < 4.78 is 0. The number of aryl methyl sites for hydroxylation is 1. The summed E-state index contributed by atoms with van der Waals surface area (Å²) in [5.74, 6) is 0.667. The van der Waals surface area contributed by atoms with E-state index in [9.17, 15) is 4.79 Å². The van der Waals surface area contributed by atoms with Gasteiger partial charge in [-0.1, -0.05) is 49.7 Å². The van der Waals surface area contributed by atoms with E-state index < -0.39 is 0 Å². The number of thioether (sulfide) groups is 1. The summed E-state index contributed by atoms with van der Waals surface area (Å²) in [5, 5.41) is 7.24. The van der Waals surface area contributed by atoms with Crippen molar-refractivity contribution in [1.29, 1.82) is 0 Å². The predicted molar refractivity (Wildman–Crippen MR) is 114 cm³/mol. The Morgan fingerprint density at radius 3 is 2.96 bits per heavy atom. The van der Waals surface area contributed by atoms with Crippen LogP contribution in [-0.2, 0) is 0 Å². The van der Waals surface area contributed by atoms with Crippen LogP contribution >= 0.6 is 11.8 Å². The summed E-state index contributed by atoms with van der Waals surface area (Å²) in [6.07, 6.45) is 7.81. The lowest BCUT2D eigenvalue weighted by Gasteiger charge is -2.44. The molecule has 2 N–H and O–H groups in total. The maximum absolute atomic E-state index is 13.3. The molecule has 2 aliphatic heterocycles. The minimum absolute atomic E-state index is 0.00364. The number of carbonyl (C=O) groups excluding carboxylic acids is 1. The second-order valence-corrected chi connectivity index (χ2v) is 8.20. The highest BCUT2D eigenvalue weighted by Crippen LogP contribution is 2.45. The fraction of sp³-hybridized carbons (Fsp3) is 0.476. The number of nitrogens with zero attached hydrogens (tertiary/aromatic N) is 3. The molecule has 0 radical (unpaired) electrons. The Kier molecular flexibility index (Phi) is 5.44. The van der Waals surface area contributed by atoms with E-state index in [-0.39, 0.29) is 18.1 Å². The molecule has 0 spiro atoms. The van der Waals surface area contributed by atoms with Crippen LogP contribution in [-0.4, -0.2) is 33.7 Å². The Morgan fingerprint density at radius 2 is 2.18 bits per heavy atom. The highest BCUT2D eigenvalue weighted by Gasteiger charge is 2.40. The zero-order chi connectivity index (χ0) is 19.7. The van der Waals surface area contributed by atoms with E-state index in [4.69, 9.17) is 0 Å². The molecule has 0 fully saturated rings. The van der Waals surface area contributed by atoms with E-state index in [2.05, 4.69) is 52.6 Å². The van der Waals surface area contributed by atoms with Crippen molar-refractivity contribution in [2.24, 2.45) is 0 Å². The van der Waals surface area contributed by atoms with Gasteiger partial charge in [-0.3, -0.25) is 5.32 Å². The first-order valence-corrected chi connectivity index (χ1v) is 11.2. The van der Waals surface area contributed by atoms with Crippen LogP contribution in [0.4, 0.5) is 16.3 Å². The van der Waals surface area contributed by atoms with Crippen molar-refractivity contribution in [2.75, 3.05) is 23.4 Å². The number of fused-ring (bicyclic) bond motifs is 2. The van der Waals surface area contributed by atoms with E-state index in [1.165, 1.54) is 28.6 Å². The highest BCUT2D eigenvalue weighted by molar-refractivity contribution is 7.98. The molecule has 0 saturated heterocycles. The van der Waals surface area contributed by atoms with Crippen LogP contribution < -0.4 is 10.6 Å². The summed E-state index contributed by atoms with van der Waals surface area (Å²) in [7, 11) is 0. The average Bonchev–Trinajstić information content (AvgIpc) is 2.71. The molecule has 148 valence electrons. The molecular formula is C21H27N5OS. The number of rotatable bonds is 5. The molecule has 1 aromatic carbocycles. The van der Waals surface area contributed by atoms with E-state index in [0.29, 0.717) is 11.0 Å². The molecule has 2 amide bonds. The number of hydrogen-bond donors (Lipinski definition) is 2. The van der Waals surface area contributed by atoms with Crippen LogP contribution in [0.2, 0.25) is 0 Å². The van der Waals surface area contributed by atoms with Gasteiger partial charge in [-0.05, 0) is 37.1 Å². The van der Waals surface area contributed by atoms with Gasteiger partial charge in [0.15, 0.2) is 5.16 Å². The maximum atomic E-state index is 13.3. The summed E-state index contributed by atoms with van der Waals surface area (Å²) >= 11 is 1.49. The molecule has 0 bridgehead atoms. The number of urea groups is 1. The Labute approximate surface area is 170 Å². The molecule has 4 rings (SSSR count). The summed E-state index contributed by atoms with van der Waals surface area (Å²) in [6.45, 7) is 5.17. The van der Waals surface area contributed by atoms with Crippen LogP contribution in [0.25, 0.3) is 0 Å². The Balaban J connectivity index is 1.77. The number of unbranched alkanes of at least 4 members (excludes halogenated alkanes) is 1. The number of hydrogen-bond acceptors (Lipinski definition) is 5. The first kappa shape index (κ1) is 19.1. The lowest BCUT2D eigenvalue weighted by molar-refractivity contribution is 0.139. The van der Waals surface area contributed by atoms with Gasteiger partial charge in [0.1, 0.15) is 5.82 Å². The third-order valence-corrected chi connectivity index (χ3v) is 6.24. The number of benzene rings is 1. The Hall–Kier alpha value is -2.28. The molecule has 1 unspecified atom stereocenters. The van der Waals surface area contributed by atoms with Gasteiger partial charge >= 0.3 is 6.03 Å². The van der Waals surface area contributed by atoms with E-state index in [1.54, 1.807) is 0 Å². The number of carbonyl (C=O) groups is 1. The molecule has 3 heterocycles. The van der Waals surface area contributed by atoms with Crippen molar-refractivity contribution in [3.8, 4) is 0 Å². The van der Waals surface area contributed by atoms with Gasteiger partial charge in [-0.15, -0.1) is 0 Å². The SMILES string of the molecule is CCCCC1c2cnc(SC)nc2NC(=O)N1[C@H]1CCNc2c(C)cccc21. The largest absolute Gasteiger partial charge is 0.384 e. The standard InChI is InChI=1S/C21H27N5OS/c1-4-5-9-16-15-12-23-20(28-3)24-19(15)25-21(27)26(16)17-10-11-22-18-13(2)7-6-8-14(17)18/h6-8,12,16-17,22H,4-5,9-11H2,1-3H3,(H,23,24,25,27)/t16?,17-/m0/s1. The molecule has 28 heavy (non-hydrogen) atoms. The zero-order valence-electron chi connectivity index (χ0n) is 16.7. The van der Waals surface area contributed by atoms with Gasteiger partial charge in [0.05, 0.1) is 12.1 Å². The van der Waals surface area contributed by atoms with Gasteiger partial charge < -0.3 is 10.2 Å². The van der Waals surface area contributed by atoms with Crippen molar-refractivity contribution in [3.05, 3.63) is 41.1 Å². The molecule has 2 atom stereocenters. The Bertz CT molecular complexity index is 887. The first-order chi connectivity index (χ1) is 13.6. The lowest BCUT2D eigenvalue weighted by Crippen LogP contribution is -2.46. The fourth-order valence-electron chi connectivity index (χ4n) is 4.31. The number of nitrogens with one attached hydrogen (secondary N) is 2. The van der Waals surface area contributed by atoms with Gasteiger partial charge in [0, 0.05) is 24.0 Å². The van der Waals surface area contributed by atoms with E-state index in [0.717, 1.165) is 37.8 Å². The Morgan fingerprint density at radius 1 is 1.32 bits per heavy atom. The van der Waals surface area contributed by atoms with Gasteiger partial charge in [-0.25, -0.2) is 14.8 Å². The molecule has 1 aromatic heterocycles. The van der Waals surface area contributed by atoms with Crippen molar-refractivity contribution >= 4 is 29.3 Å². The second kappa shape index (κ2) is 7.99. The van der Waals surface area contributed by atoms with E-state index >= 15 is 0 Å². The molecule has 6 nitrogen and oxygen atoms in total. The van der Waals surface area contributed by atoms with Gasteiger partial charge in [-0.2, -0.15) is 0 Å². The van der Waals surface area contributed by atoms with Crippen LogP contribution in [0.15, 0.2) is 29.6 Å². The van der Waals surface area contributed by atoms with Crippen molar-refractivity contribution < 1.29 is 4.79 Å². The molecule has 7 heteroatoms. The summed E-state index contributed by atoms with van der Waals surface area (Å²) in [5.41, 5.74) is 4.62. The zero-order valence-corrected chi connectivity index (χ0v) is 17.5. The van der Waals surface area contributed by atoms with Crippen molar-refractivity contribution in [3.63, 3.8) is 0 Å². The van der Waals surface area contributed by atoms with Crippen LogP contribution in [0.3, 0.4) is 0 Å². The van der Waals surface area contributed by atoms with E-state index in [1.807, 2.05) is 17.4 Å². The predicted octanol–water partition coefficient (Wildman–Crippen LogP) is 5.14. The highest BCUT2D eigenvalue weighted by atomic mass is 32.2. The summed E-state index contributed by atoms with van der Waals surface area (Å²) in [6, 6.07) is 6.33.